The summed E-state index contributed by atoms with van der Waals surface area (Å²) < 4.78 is 0. The number of rotatable bonds is 6. The number of hydrogen-bond donors (Lipinski definition) is 0. The Morgan fingerprint density at radius 2 is 1.32 bits per heavy atom. The molecule has 0 aliphatic carbocycles. The summed E-state index contributed by atoms with van der Waals surface area (Å²) in [6.07, 6.45) is 3.57. The van der Waals surface area contributed by atoms with E-state index in [4.69, 9.17) is 0 Å². The van der Waals surface area contributed by atoms with Gasteiger partial charge in [0.15, 0.2) is 0 Å². The molecule has 0 aliphatic rings. The third-order valence-electron chi connectivity index (χ3n) is 3.77. The molecule has 0 heteroatoms. The van der Waals surface area contributed by atoms with Gasteiger partial charge in [-0.2, -0.15) is 0 Å². The molecule has 0 saturated carbocycles. The summed E-state index contributed by atoms with van der Waals surface area (Å²) >= 11 is 0. The highest BCUT2D eigenvalue weighted by Gasteiger charge is 2.14. The summed E-state index contributed by atoms with van der Waals surface area (Å²) in [5, 5.41) is 0. The van der Waals surface area contributed by atoms with Crippen molar-refractivity contribution in [3.63, 3.8) is 0 Å². The van der Waals surface area contributed by atoms with E-state index in [1.165, 1.54) is 24.0 Å². The van der Waals surface area contributed by atoms with Gasteiger partial charge < -0.3 is 0 Å². The van der Waals surface area contributed by atoms with Gasteiger partial charge in [-0.3, -0.25) is 0 Å². The Labute approximate surface area is 117 Å². The molecule has 1 atom stereocenters. The second-order valence-electron chi connectivity index (χ2n) is 5.49. The fourth-order valence-electron chi connectivity index (χ4n) is 2.48. The third-order valence-corrected chi connectivity index (χ3v) is 3.77. The van der Waals surface area contributed by atoms with Crippen LogP contribution in [0.25, 0.3) is 0 Å². The first kappa shape index (κ1) is 13.9. The lowest BCUT2D eigenvalue weighted by atomic mass is 9.84. The topological polar surface area (TPSA) is 0 Å². The zero-order valence-corrected chi connectivity index (χ0v) is 12.0. The van der Waals surface area contributed by atoms with Crippen LogP contribution in [0.3, 0.4) is 0 Å². The summed E-state index contributed by atoms with van der Waals surface area (Å²) in [6, 6.07) is 21.6. The first-order valence-corrected chi connectivity index (χ1v) is 7.13. The molecule has 0 amide bonds. The molecule has 0 aromatic heterocycles. The maximum Gasteiger partial charge on any atom is -0.0245 e. The van der Waals surface area contributed by atoms with Crippen LogP contribution in [0.2, 0.25) is 0 Å². The van der Waals surface area contributed by atoms with Crippen molar-refractivity contribution in [3.8, 4) is 0 Å². The van der Waals surface area contributed by atoms with Gasteiger partial charge in [0.2, 0.25) is 0 Å². The molecule has 0 aliphatic heterocycles. The minimum absolute atomic E-state index is 0.683. The molecule has 0 bridgehead atoms. The highest BCUT2D eigenvalue weighted by molar-refractivity contribution is 5.18. The fourth-order valence-corrected chi connectivity index (χ4v) is 2.48. The average Bonchev–Trinajstić information content (AvgIpc) is 2.45. The van der Waals surface area contributed by atoms with E-state index in [0.717, 1.165) is 6.42 Å². The Morgan fingerprint density at radius 3 is 1.84 bits per heavy atom. The van der Waals surface area contributed by atoms with E-state index in [1.54, 1.807) is 5.92 Å². The van der Waals surface area contributed by atoms with Crippen molar-refractivity contribution in [3.05, 3.63) is 77.7 Å². The van der Waals surface area contributed by atoms with E-state index in [9.17, 15) is 0 Å². The predicted octanol–water partition coefficient (Wildman–Crippen LogP) is 5.09. The molecule has 99 valence electrons. The summed E-state index contributed by atoms with van der Waals surface area (Å²) in [5.41, 5.74) is 2.89. The Bertz CT molecular complexity index is 456. The third kappa shape index (κ3) is 4.55. The number of benzene rings is 2. The monoisotopic (exact) mass is 251 g/mol. The van der Waals surface area contributed by atoms with E-state index < -0.39 is 0 Å². The minimum atomic E-state index is 0.683. The molecule has 0 heterocycles. The van der Waals surface area contributed by atoms with Crippen LogP contribution in [0, 0.1) is 11.8 Å². The second kappa shape index (κ2) is 7.13. The molecule has 1 radical (unpaired) electrons. The van der Waals surface area contributed by atoms with Gasteiger partial charge in [0.05, 0.1) is 0 Å². The first-order chi connectivity index (χ1) is 9.25. The van der Waals surface area contributed by atoms with Gasteiger partial charge in [-0.25, -0.2) is 0 Å². The van der Waals surface area contributed by atoms with E-state index >= 15 is 0 Å². The standard InChI is InChI=1S/C19H23/c1-16(2)19(15-18-11-7-4-8-12-18)14-13-17-9-5-3-6-10-17/h3-12,19H,13-15H2,1-2H3. The molecule has 1 unspecified atom stereocenters. The Morgan fingerprint density at radius 1 is 0.789 bits per heavy atom. The smallest absolute Gasteiger partial charge is 0.0245 e. The van der Waals surface area contributed by atoms with Crippen LogP contribution in [-0.2, 0) is 12.8 Å². The van der Waals surface area contributed by atoms with Crippen molar-refractivity contribution in [2.24, 2.45) is 5.92 Å². The van der Waals surface area contributed by atoms with Crippen molar-refractivity contribution < 1.29 is 0 Å². The maximum absolute atomic E-state index is 2.26. The largest absolute Gasteiger partial charge is 0.0622 e. The van der Waals surface area contributed by atoms with Crippen LogP contribution in [0.5, 0.6) is 0 Å². The second-order valence-corrected chi connectivity index (χ2v) is 5.49. The van der Waals surface area contributed by atoms with E-state index in [-0.39, 0.29) is 0 Å². The van der Waals surface area contributed by atoms with Gasteiger partial charge in [-0.1, -0.05) is 74.5 Å². The van der Waals surface area contributed by atoms with E-state index in [2.05, 4.69) is 74.5 Å². The van der Waals surface area contributed by atoms with Crippen LogP contribution in [0.4, 0.5) is 0 Å². The van der Waals surface area contributed by atoms with Crippen LogP contribution in [-0.4, -0.2) is 0 Å². The van der Waals surface area contributed by atoms with Gasteiger partial charge in [0.1, 0.15) is 0 Å². The van der Waals surface area contributed by atoms with Crippen LogP contribution in [0.1, 0.15) is 31.4 Å². The van der Waals surface area contributed by atoms with Crippen LogP contribution < -0.4 is 0 Å². The molecule has 2 aromatic rings. The van der Waals surface area contributed by atoms with Crippen molar-refractivity contribution >= 4 is 0 Å². The maximum atomic E-state index is 2.26. The molecule has 2 rings (SSSR count). The summed E-state index contributed by atoms with van der Waals surface area (Å²) in [4.78, 5) is 0. The molecule has 2 aromatic carbocycles. The quantitative estimate of drug-likeness (QED) is 0.670. The summed E-state index contributed by atoms with van der Waals surface area (Å²) in [7, 11) is 0. The first-order valence-electron chi connectivity index (χ1n) is 7.13. The van der Waals surface area contributed by atoms with E-state index in [1.807, 2.05) is 0 Å². The zero-order valence-electron chi connectivity index (χ0n) is 12.0. The van der Waals surface area contributed by atoms with Crippen LogP contribution >= 0.6 is 0 Å². The van der Waals surface area contributed by atoms with Gasteiger partial charge in [0.25, 0.3) is 0 Å². The Hall–Kier alpha value is -1.56. The van der Waals surface area contributed by atoms with Gasteiger partial charge >= 0.3 is 0 Å². The average molecular weight is 251 g/mol. The molecule has 0 spiro atoms. The molecular weight excluding hydrogens is 228 g/mol. The fraction of sp³-hybridized carbons (Fsp3) is 0.316. The molecule has 0 fully saturated rings. The van der Waals surface area contributed by atoms with E-state index in [0.29, 0.717) is 5.92 Å². The summed E-state index contributed by atoms with van der Waals surface area (Å²) in [5.74, 6) is 2.22. The normalized spacial score (nSPS) is 12.6. The lowest BCUT2D eigenvalue weighted by molar-refractivity contribution is 0.501. The number of aryl methyl sites for hydroxylation is 1. The van der Waals surface area contributed by atoms with Crippen LogP contribution in [0.15, 0.2) is 60.7 Å². The van der Waals surface area contributed by atoms with Crippen molar-refractivity contribution in [2.45, 2.75) is 33.1 Å². The van der Waals surface area contributed by atoms with Gasteiger partial charge in [0, 0.05) is 0 Å². The minimum Gasteiger partial charge on any atom is -0.0622 e. The summed E-state index contributed by atoms with van der Waals surface area (Å²) in [6.45, 7) is 4.53. The molecule has 0 saturated heterocycles. The highest BCUT2D eigenvalue weighted by atomic mass is 14.2. The molecule has 19 heavy (non-hydrogen) atoms. The van der Waals surface area contributed by atoms with Crippen molar-refractivity contribution in [1.29, 1.82) is 0 Å². The molecule has 0 nitrogen and oxygen atoms in total. The lowest BCUT2D eigenvalue weighted by Gasteiger charge is -2.20. The van der Waals surface area contributed by atoms with Crippen molar-refractivity contribution in [1.82, 2.24) is 0 Å². The predicted molar refractivity (Wildman–Crippen MR) is 83.0 cm³/mol. The Balaban J connectivity index is 1.93. The van der Waals surface area contributed by atoms with Crippen molar-refractivity contribution in [2.75, 3.05) is 0 Å². The molecular formula is C19H23. The molecule has 0 N–H and O–H groups in total. The SMILES string of the molecule is C[C](C)C(CCc1ccccc1)Cc1ccccc1. The van der Waals surface area contributed by atoms with Gasteiger partial charge in [-0.15, -0.1) is 0 Å². The zero-order chi connectivity index (χ0) is 13.5. The highest BCUT2D eigenvalue weighted by Crippen LogP contribution is 2.24. The number of hydrogen-bond acceptors (Lipinski definition) is 0. The van der Waals surface area contributed by atoms with Gasteiger partial charge in [-0.05, 0) is 42.2 Å². The Kier molecular flexibility index (Phi) is 5.20. The lowest BCUT2D eigenvalue weighted by Crippen LogP contribution is -2.11.